The summed E-state index contributed by atoms with van der Waals surface area (Å²) in [6.07, 6.45) is 2.03. The van der Waals surface area contributed by atoms with Crippen LogP contribution in [0, 0.1) is 5.82 Å². The molecule has 1 aromatic rings. The van der Waals surface area contributed by atoms with Crippen molar-refractivity contribution in [3.05, 3.63) is 34.6 Å². The molecule has 8 heteroatoms. The van der Waals surface area contributed by atoms with Crippen molar-refractivity contribution in [2.24, 2.45) is 0 Å². The maximum Gasteiger partial charge on any atom is 0.237 e. The molecular formula is C20H28ClFN4O2. The van der Waals surface area contributed by atoms with E-state index in [2.05, 4.69) is 17.3 Å². The number of nitrogens with zero attached hydrogens (tertiary/aromatic N) is 3. The van der Waals surface area contributed by atoms with Gasteiger partial charge < -0.3 is 15.1 Å². The second kappa shape index (κ2) is 9.20. The molecule has 28 heavy (non-hydrogen) atoms. The maximum atomic E-state index is 13.8. The molecule has 1 unspecified atom stereocenters. The maximum absolute atomic E-state index is 13.8. The van der Waals surface area contributed by atoms with Crippen molar-refractivity contribution in [1.29, 1.82) is 0 Å². The van der Waals surface area contributed by atoms with Gasteiger partial charge in [-0.1, -0.05) is 17.7 Å². The van der Waals surface area contributed by atoms with Crippen molar-refractivity contribution in [3.8, 4) is 0 Å². The molecule has 0 aliphatic carbocycles. The van der Waals surface area contributed by atoms with Gasteiger partial charge in [-0.15, -0.1) is 0 Å². The molecule has 6 nitrogen and oxygen atoms in total. The highest BCUT2D eigenvalue weighted by molar-refractivity contribution is 6.30. The molecule has 154 valence electrons. The van der Waals surface area contributed by atoms with Crippen molar-refractivity contribution >= 4 is 23.4 Å². The van der Waals surface area contributed by atoms with Gasteiger partial charge in [-0.3, -0.25) is 14.5 Å². The fourth-order valence-electron chi connectivity index (χ4n) is 3.94. The van der Waals surface area contributed by atoms with E-state index in [-0.39, 0.29) is 29.3 Å². The molecule has 2 fully saturated rings. The van der Waals surface area contributed by atoms with Crippen molar-refractivity contribution in [3.63, 3.8) is 0 Å². The summed E-state index contributed by atoms with van der Waals surface area (Å²) in [6, 6.07) is 4.33. The van der Waals surface area contributed by atoms with Crippen molar-refractivity contribution in [1.82, 2.24) is 20.0 Å². The van der Waals surface area contributed by atoms with Crippen LogP contribution in [0.25, 0.3) is 0 Å². The third-order valence-corrected chi connectivity index (χ3v) is 6.12. The first-order valence-corrected chi connectivity index (χ1v) is 10.1. The number of hydrogen-bond acceptors (Lipinski definition) is 4. The second-order valence-electron chi connectivity index (χ2n) is 7.77. The lowest BCUT2D eigenvalue weighted by molar-refractivity contribution is -0.140. The number of rotatable bonds is 5. The predicted octanol–water partition coefficient (Wildman–Crippen LogP) is 1.72. The molecule has 2 aliphatic heterocycles. The summed E-state index contributed by atoms with van der Waals surface area (Å²) in [6.45, 7) is 3.48. The summed E-state index contributed by atoms with van der Waals surface area (Å²) in [7, 11) is 3.92. The first-order chi connectivity index (χ1) is 13.3. The lowest BCUT2D eigenvalue weighted by Crippen LogP contribution is -2.56. The third-order valence-electron chi connectivity index (χ3n) is 5.81. The van der Waals surface area contributed by atoms with Crippen LogP contribution in [0.4, 0.5) is 4.39 Å². The average molecular weight is 411 g/mol. The largest absolute Gasteiger partial charge is 0.353 e. The number of carbonyl (C=O) groups is 2. The van der Waals surface area contributed by atoms with Crippen LogP contribution >= 0.6 is 11.6 Å². The van der Waals surface area contributed by atoms with Gasteiger partial charge in [0.05, 0.1) is 17.5 Å². The molecule has 1 N–H and O–H groups in total. The molecule has 2 amide bonds. The summed E-state index contributed by atoms with van der Waals surface area (Å²) in [5.74, 6) is -0.648. The summed E-state index contributed by atoms with van der Waals surface area (Å²) in [4.78, 5) is 31.3. The van der Waals surface area contributed by atoms with E-state index < -0.39 is 11.9 Å². The molecule has 0 radical (unpaired) electrons. The van der Waals surface area contributed by atoms with Crippen LogP contribution in [-0.4, -0.2) is 78.9 Å². The highest BCUT2D eigenvalue weighted by atomic mass is 35.5. The fourth-order valence-corrected chi connectivity index (χ4v) is 4.06. The number of amides is 2. The Kier molecular flexibility index (Phi) is 6.91. The van der Waals surface area contributed by atoms with E-state index in [1.54, 1.807) is 11.0 Å². The van der Waals surface area contributed by atoms with Crippen LogP contribution < -0.4 is 5.32 Å². The molecule has 0 aromatic heterocycles. The zero-order chi connectivity index (χ0) is 20.3. The quantitative estimate of drug-likeness (QED) is 0.803. The Morgan fingerprint density at radius 2 is 2.04 bits per heavy atom. The van der Waals surface area contributed by atoms with Crippen LogP contribution in [0.5, 0.6) is 0 Å². The standard InChI is InChI=1S/C20H28ClFN4O2/c1-24-8-5-15(6-9-24)25(2)19(27)12-18-20(28)23-7-10-26(18)13-14-3-4-16(21)17(22)11-14/h3-4,11,15,18H,5-10,12-13H2,1-2H3,(H,23,28). The number of nitrogens with one attached hydrogen (secondary N) is 1. The Bertz CT molecular complexity index is 724. The molecule has 0 bridgehead atoms. The minimum absolute atomic E-state index is 0.0242. The summed E-state index contributed by atoms with van der Waals surface area (Å²) in [5, 5.41) is 2.92. The van der Waals surface area contributed by atoms with Crippen LogP contribution in [-0.2, 0) is 16.1 Å². The van der Waals surface area contributed by atoms with Gasteiger partial charge in [0, 0.05) is 32.7 Å². The van der Waals surface area contributed by atoms with Gasteiger partial charge in [0.15, 0.2) is 0 Å². The minimum atomic E-state index is -0.547. The summed E-state index contributed by atoms with van der Waals surface area (Å²) < 4.78 is 13.8. The lowest BCUT2D eigenvalue weighted by atomic mass is 10.0. The van der Waals surface area contributed by atoms with Gasteiger partial charge in [-0.05, 0) is 50.7 Å². The van der Waals surface area contributed by atoms with Crippen molar-refractivity contribution in [2.45, 2.75) is 37.9 Å². The normalized spacial score (nSPS) is 22.1. The fraction of sp³-hybridized carbons (Fsp3) is 0.600. The lowest BCUT2D eigenvalue weighted by Gasteiger charge is -2.38. The van der Waals surface area contributed by atoms with Gasteiger partial charge >= 0.3 is 0 Å². The van der Waals surface area contributed by atoms with Crippen molar-refractivity contribution < 1.29 is 14.0 Å². The molecule has 1 aromatic carbocycles. The molecule has 0 spiro atoms. The van der Waals surface area contributed by atoms with E-state index in [1.807, 2.05) is 11.9 Å². The van der Waals surface area contributed by atoms with E-state index in [9.17, 15) is 14.0 Å². The van der Waals surface area contributed by atoms with E-state index in [0.29, 0.717) is 19.6 Å². The SMILES string of the molecule is CN1CCC(N(C)C(=O)CC2C(=O)NCCN2Cc2ccc(Cl)c(F)c2)CC1. The second-order valence-corrected chi connectivity index (χ2v) is 8.18. The molecule has 2 aliphatic rings. The molecule has 2 saturated heterocycles. The van der Waals surface area contributed by atoms with Gasteiger partial charge in [0.1, 0.15) is 5.82 Å². The summed E-state index contributed by atoms with van der Waals surface area (Å²) in [5.41, 5.74) is 0.734. The molecule has 3 rings (SSSR count). The Labute approximate surface area is 170 Å². The van der Waals surface area contributed by atoms with Gasteiger partial charge in [0.2, 0.25) is 11.8 Å². The van der Waals surface area contributed by atoms with E-state index in [0.717, 1.165) is 31.5 Å². The third kappa shape index (κ3) is 5.01. The molecular weight excluding hydrogens is 383 g/mol. The molecule has 1 atom stereocenters. The first kappa shape index (κ1) is 21.0. The van der Waals surface area contributed by atoms with E-state index in [1.165, 1.54) is 12.1 Å². The van der Waals surface area contributed by atoms with Crippen molar-refractivity contribution in [2.75, 3.05) is 40.3 Å². The Balaban J connectivity index is 1.65. The van der Waals surface area contributed by atoms with Gasteiger partial charge in [0.25, 0.3) is 0 Å². The first-order valence-electron chi connectivity index (χ1n) is 9.75. The monoisotopic (exact) mass is 410 g/mol. The Morgan fingerprint density at radius 1 is 1.32 bits per heavy atom. The number of likely N-dealkylation sites (tertiary alicyclic amines) is 1. The number of piperidine rings is 1. The predicted molar refractivity (Wildman–Crippen MR) is 107 cm³/mol. The number of piperazine rings is 1. The zero-order valence-corrected chi connectivity index (χ0v) is 17.2. The smallest absolute Gasteiger partial charge is 0.237 e. The van der Waals surface area contributed by atoms with Crippen LogP contribution in [0.3, 0.4) is 0 Å². The number of hydrogen-bond donors (Lipinski definition) is 1. The Hall–Kier alpha value is -1.70. The number of benzene rings is 1. The van der Waals surface area contributed by atoms with E-state index >= 15 is 0 Å². The number of carbonyl (C=O) groups excluding carboxylic acids is 2. The van der Waals surface area contributed by atoms with Gasteiger partial charge in [-0.25, -0.2) is 4.39 Å². The molecule has 0 saturated carbocycles. The summed E-state index contributed by atoms with van der Waals surface area (Å²) >= 11 is 5.76. The highest BCUT2D eigenvalue weighted by Crippen LogP contribution is 2.21. The average Bonchev–Trinajstić information content (AvgIpc) is 2.67. The minimum Gasteiger partial charge on any atom is -0.353 e. The highest BCUT2D eigenvalue weighted by Gasteiger charge is 2.34. The zero-order valence-electron chi connectivity index (χ0n) is 16.5. The topological polar surface area (TPSA) is 55.9 Å². The Morgan fingerprint density at radius 3 is 2.71 bits per heavy atom. The van der Waals surface area contributed by atoms with Gasteiger partial charge in [-0.2, -0.15) is 0 Å². The number of halogens is 2. The van der Waals surface area contributed by atoms with Crippen LogP contribution in [0.2, 0.25) is 5.02 Å². The van der Waals surface area contributed by atoms with Crippen LogP contribution in [0.1, 0.15) is 24.8 Å². The van der Waals surface area contributed by atoms with Crippen LogP contribution in [0.15, 0.2) is 18.2 Å². The molecule has 2 heterocycles. The van der Waals surface area contributed by atoms with E-state index in [4.69, 9.17) is 11.6 Å².